The molecule has 2 heterocycles. The summed E-state index contributed by atoms with van der Waals surface area (Å²) in [5.41, 5.74) is 0. The van der Waals surface area contributed by atoms with Crippen molar-refractivity contribution in [2.24, 2.45) is 0 Å². The standard InChI is InChI=1S/C10H15N3O2/c1-7-11-10(15-12-7)8-4-3-5-13(2)9(14)6-8/h8H,3-6H2,1-2H3. The summed E-state index contributed by atoms with van der Waals surface area (Å²) in [5, 5.41) is 3.76. The first-order chi connectivity index (χ1) is 7.16. The zero-order valence-electron chi connectivity index (χ0n) is 9.06. The molecule has 1 aliphatic heterocycles. The molecule has 1 unspecified atom stereocenters. The summed E-state index contributed by atoms with van der Waals surface area (Å²) in [6, 6.07) is 0. The van der Waals surface area contributed by atoms with Gasteiger partial charge in [0.2, 0.25) is 11.8 Å². The van der Waals surface area contributed by atoms with Gasteiger partial charge in [-0.25, -0.2) is 0 Å². The minimum Gasteiger partial charge on any atom is -0.346 e. The number of nitrogens with zero attached hydrogens (tertiary/aromatic N) is 3. The van der Waals surface area contributed by atoms with E-state index in [1.165, 1.54) is 0 Å². The highest BCUT2D eigenvalue weighted by atomic mass is 16.5. The SMILES string of the molecule is Cc1noc(C2CCCN(C)C(=O)C2)n1. The summed E-state index contributed by atoms with van der Waals surface area (Å²) in [5.74, 6) is 1.50. The van der Waals surface area contributed by atoms with E-state index in [0.717, 1.165) is 19.4 Å². The lowest BCUT2D eigenvalue weighted by molar-refractivity contribution is -0.129. The van der Waals surface area contributed by atoms with Crippen LogP contribution in [0.2, 0.25) is 0 Å². The lowest BCUT2D eigenvalue weighted by Gasteiger charge is -2.12. The average Bonchev–Trinajstić information content (AvgIpc) is 2.55. The van der Waals surface area contributed by atoms with Crippen molar-refractivity contribution in [3.8, 4) is 0 Å². The summed E-state index contributed by atoms with van der Waals surface area (Å²) < 4.78 is 5.11. The second-order valence-corrected chi connectivity index (χ2v) is 4.04. The third-order valence-corrected chi connectivity index (χ3v) is 2.79. The van der Waals surface area contributed by atoms with Crippen LogP contribution in [0.5, 0.6) is 0 Å². The fourth-order valence-electron chi connectivity index (χ4n) is 1.86. The predicted molar refractivity (Wildman–Crippen MR) is 53.3 cm³/mol. The summed E-state index contributed by atoms with van der Waals surface area (Å²) in [4.78, 5) is 17.6. The highest BCUT2D eigenvalue weighted by molar-refractivity contribution is 5.76. The second kappa shape index (κ2) is 4.00. The number of carbonyl (C=O) groups excluding carboxylic acids is 1. The summed E-state index contributed by atoms with van der Waals surface area (Å²) in [7, 11) is 1.84. The Kier molecular flexibility index (Phi) is 2.70. The van der Waals surface area contributed by atoms with Crippen LogP contribution in [0.4, 0.5) is 0 Å². The monoisotopic (exact) mass is 209 g/mol. The van der Waals surface area contributed by atoms with E-state index in [2.05, 4.69) is 10.1 Å². The van der Waals surface area contributed by atoms with Crippen LogP contribution in [0, 0.1) is 6.92 Å². The Hall–Kier alpha value is -1.39. The van der Waals surface area contributed by atoms with Gasteiger partial charge in [-0.3, -0.25) is 4.79 Å². The second-order valence-electron chi connectivity index (χ2n) is 4.04. The molecule has 0 spiro atoms. The van der Waals surface area contributed by atoms with Crippen LogP contribution >= 0.6 is 0 Å². The molecule has 1 saturated heterocycles. The molecule has 0 radical (unpaired) electrons. The molecule has 1 amide bonds. The Labute approximate surface area is 88.5 Å². The van der Waals surface area contributed by atoms with E-state index in [1.54, 1.807) is 11.8 Å². The Balaban J connectivity index is 2.13. The van der Waals surface area contributed by atoms with E-state index in [0.29, 0.717) is 18.1 Å². The van der Waals surface area contributed by atoms with Crippen LogP contribution in [-0.4, -0.2) is 34.5 Å². The molecule has 0 bridgehead atoms. The summed E-state index contributed by atoms with van der Waals surface area (Å²) in [6.07, 6.45) is 2.42. The Morgan fingerprint density at radius 2 is 2.33 bits per heavy atom. The van der Waals surface area contributed by atoms with E-state index in [-0.39, 0.29) is 11.8 Å². The van der Waals surface area contributed by atoms with Gasteiger partial charge in [0.15, 0.2) is 5.82 Å². The van der Waals surface area contributed by atoms with Crippen LogP contribution < -0.4 is 0 Å². The maximum absolute atomic E-state index is 11.6. The molecule has 1 atom stereocenters. The third-order valence-electron chi connectivity index (χ3n) is 2.79. The van der Waals surface area contributed by atoms with E-state index >= 15 is 0 Å². The topological polar surface area (TPSA) is 59.2 Å². The molecule has 1 fully saturated rings. The Bertz CT molecular complexity index is 361. The van der Waals surface area contributed by atoms with Gasteiger partial charge in [-0.2, -0.15) is 4.98 Å². The lowest BCUT2D eigenvalue weighted by atomic mass is 10.0. The summed E-state index contributed by atoms with van der Waals surface area (Å²) >= 11 is 0. The normalized spacial score (nSPS) is 22.9. The number of hydrogen-bond acceptors (Lipinski definition) is 4. The van der Waals surface area contributed by atoms with Gasteiger partial charge in [0, 0.05) is 25.9 Å². The highest BCUT2D eigenvalue weighted by Gasteiger charge is 2.26. The molecule has 0 saturated carbocycles. The van der Waals surface area contributed by atoms with Crippen molar-refractivity contribution in [3.63, 3.8) is 0 Å². The Morgan fingerprint density at radius 3 is 3.00 bits per heavy atom. The number of likely N-dealkylation sites (tertiary alicyclic amines) is 1. The van der Waals surface area contributed by atoms with E-state index < -0.39 is 0 Å². The van der Waals surface area contributed by atoms with Crippen LogP contribution in [0.3, 0.4) is 0 Å². The Morgan fingerprint density at radius 1 is 1.53 bits per heavy atom. The number of amides is 1. The molecular weight excluding hydrogens is 194 g/mol. The van der Waals surface area contributed by atoms with Crippen molar-refractivity contribution < 1.29 is 9.32 Å². The summed E-state index contributed by atoms with van der Waals surface area (Å²) in [6.45, 7) is 2.61. The third kappa shape index (κ3) is 2.16. The van der Waals surface area contributed by atoms with Gasteiger partial charge in [0.05, 0.1) is 0 Å². The van der Waals surface area contributed by atoms with Gasteiger partial charge < -0.3 is 9.42 Å². The average molecular weight is 209 g/mol. The van der Waals surface area contributed by atoms with Crippen molar-refractivity contribution >= 4 is 5.91 Å². The minimum absolute atomic E-state index is 0.101. The molecule has 15 heavy (non-hydrogen) atoms. The smallest absolute Gasteiger partial charge is 0.230 e. The minimum atomic E-state index is 0.101. The van der Waals surface area contributed by atoms with Crippen molar-refractivity contribution in [2.45, 2.75) is 32.1 Å². The maximum atomic E-state index is 11.6. The van der Waals surface area contributed by atoms with Crippen molar-refractivity contribution in [3.05, 3.63) is 11.7 Å². The number of hydrogen-bond donors (Lipinski definition) is 0. The molecule has 5 nitrogen and oxygen atoms in total. The number of carbonyl (C=O) groups is 1. The van der Waals surface area contributed by atoms with Crippen LogP contribution in [0.15, 0.2) is 4.52 Å². The largest absolute Gasteiger partial charge is 0.346 e. The highest BCUT2D eigenvalue weighted by Crippen LogP contribution is 2.26. The molecule has 5 heteroatoms. The van der Waals surface area contributed by atoms with Gasteiger partial charge in [0.1, 0.15) is 0 Å². The number of rotatable bonds is 1. The van der Waals surface area contributed by atoms with Gasteiger partial charge in [-0.05, 0) is 19.8 Å². The van der Waals surface area contributed by atoms with Crippen molar-refractivity contribution in [1.29, 1.82) is 0 Å². The first-order valence-electron chi connectivity index (χ1n) is 5.21. The molecule has 1 aromatic rings. The molecule has 1 aromatic heterocycles. The van der Waals surface area contributed by atoms with E-state index in [4.69, 9.17) is 4.52 Å². The first-order valence-corrected chi connectivity index (χ1v) is 5.21. The fraction of sp³-hybridized carbons (Fsp3) is 0.700. The van der Waals surface area contributed by atoms with Crippen LogP contribution in [0.25, 0.3) is 0 Å². The van der Waals surface area contributed by atoms with E-state index in [9.17, 15) is 4.79 Å². The van der Waals surface area contributed by atoms with E-state index in [1.807, 2.05) is 7.05 Å². The van der Waals surface area contributed by atoms with Gasteiger partial charge >= 0.3 is 0 Å². The van der Waals surface area contributed by atoms with Crippen LogP contribution in [-0.2, 0) is 4.79 Å². The maximum Gasteiger partial charge on any atom is 0.230 e. The fourth-order valence-corrected chi connectivity index (χ4v) is 1.86. The van der Waals surface area contributed by atoms with Gasteiger partial charge in [0.25, 0.3) is 0 Å². The number of aromatic nitrogens is 2. The molecule has 82 valence electrons. The first kappa shape index (κ1) is 10.1. The molecule has 2 rings (SSSR count). The number of aryl methyl sites for hydroxylation is 1. The quantitative estimate of drug-likeness (QED) is 0.695. The molecular formula is C10H15N3O2. The molecule has 0 N–H and O–H groups in total. The molecule has 0 aromatic carbocycles. The van der Waals surface area contributed by atoms with Crippen molar-refractivity contribution in [1.82, 2.24) is 15.0 Å². The van der Waals surface area contributed by atoms with Gasteiger partial charge in [-0.1, -0.05) is 5.16 Å². The van der Waals surface area contributed by atoms with Gasteiger partial charge in [-0.15, -0.1) is 0 Å². The van der Waals surface area contributed by atoms with Crippen molar-refractivity contribution in [2.75, 3.05) is 13.6 Å². The molecule has 0 aliphatic carbocycles. The zero-order chi connectivity index (χ0) is 10.8. The predicted octanol–water partition coefficient (Wildman–Crippen LogP) is 1.10. The zero-order valence-corrected chi connectivity index (χ0v) is 9.06. The lowest BCUT2D eigenvalue weighted by Crippen LogP contribution is -2.25. The molecule has 1 aliphatic rings. The van der Waals surface area contributed by atoms with Crippen LogP contribution in [0.1, 0.15) is 36.9 Å².